The molecule has 4 aromatic rings. The van der Waals surface area contributed by atoms with E-state index < -0.39 is 23.2 Å². The molecule has 0 aliphatic rings. The van der Waals surface area contributed by atoms with Gasteiger partial charge in [-0.15, -0.1) is 10.2 Å². The van der Waals surface area contributed by atoms with Crippen molar-refractivity contribution in [3.8, 4) is 0 Å². The van der Waals surface area contributed by atoms with Gasteiger partial charge in [0, 0.05) is 13.1 Å². The molecule has 0 aliphatic carbocycles. The fourth-order valence-electron chi connectivity index (χ4n) is 2.76. The predicted octanol–water partition coefficient (Wildman–Crippen LogP) is -2.96. The molecule has 0 saturated carbocycles. The van der Waals surface area contributed by atoms with E-state index in [4.69, 9.17) is 0 Å². The van der Waals surface area contributed by atoms with Gasteiger partial charge >= 0.3 is 11.4 Å². The number of aromatic nitrogens is 10. The van der Waals surface area contributed by atoms with Crippen LogP contribution in [0.2, 0.25) is 0 Å². The van der Waals surface area contributed by atoms with Crippen LogP contribution in [0, 0.1) is 0 Å². The number of fused-ring (bicyclic) bond motifs is 2. The Morgan fingerprint density at radius 1 is 0.806 bits per heavy atom. The molecule has 160 valence electrons. The summed E-state index contributed by atoms with van der Waals surface area (Å²) in [5.41, 5.74) is -1.24. The monoisotopic (exact) mass is 428 g/mol. The van der Waals surface area contributed by atoms with Crippen molar-refractivity contribution >= 4 is 23.1 Å². The lowest BCUT2D eigenvalue weighted by Gasteiger charge is -2.05. The van der Waals surface area contributed by atoms with Gasteiger partial charge in [-0.25, -0.2) is 28.4 Å². The van der Waals surface area contributed by atoms with Crippen LogP contribution in [0.15, 0.2) is 22.2 Å². The maximum absolute atomic E-state index is 12.4. The van der Waals surface area contributed by atoms with Crippen LogP contribution in [-0.2, 0) is 13.1 Å². The molecule has 0 saturated heterocycles. The molecule has 31 heavy (non-hydrogen) atoms. The second-order valence-electron chi connectivity index (χ2n) is 6.14. The van der Waals surface area contributed by atoms with E-state index in [2.05, 4.69) is 41.2 Å². The molecule has 0 aromatic carbocycles. The summed E-state index contributed by atoms with van der Waals surface area (Å²) in [5, 5.41) is 20.0. The minimum atomic E-state index is -0.675. The van der Waals surface area contributed by atoms with E-state index in [0.29, 0.717) is 13.1 Å². The van der Waals surface area contributed by atoms with Gasteiger partial charge in [0.05, 0.1) is 6.67 Å². The number of carbonyl (C=O) groups excluding carboxylic acids is 2. The molecule has 2 amide bonds. The molecule has 2 N–H and O–H groups in total. The number of imidazole rings is 2. The number of amides is 2. The number of hydrogen-bond acceptors (Lipinski definition) is 10. The topological polar surface area (TPSA) is 188 Å². The summed E-state index contributed by atoms with van der Waals surface area (Å²) in [6, 6.07) is 0. The first-order valence-corrected chi connectivity index (χ1v) is 9.14. The van der Waals surface area contributed by atoms with Gasteiger partial charge < -0.3 is 10.6 Å². The third-order valence-electron chi connectivity index (χ3n) is 4.36. The number of rotatable bonds is 6. The first-order chi connectivity index (χ1) is 15.0. The third kappa shape index (κ3) is 3.28. The molecule has 0 radical (unpaired) electrons. The van der Waals surface area contributed by atoms with Crippen LogP contribution in [0.3, 0.4) is 0 Å². The summed E-state index contributed by atoms with van der Waals surface area (Å²) in [7, 11) is 0. The second-order valence-corrected chi connectivity index (χ2v) is 6.14. The minimum Gasteiger partial charge on any atom is -0.333 e. The van der Waals surface area contributed by atoms with Gasteiger partial charge in [0.15, 0.2) is 22.7 Å². The molecule has 0 atom stereocenters. The average Bonchev–Trinajstić information content (AvgIpc) is 3.39. The first kappa shape index (κ1) is 19.8. The Morgan fingerprint density at radius 2 is 1.23 bits per heavy atom. The molecule has 4 aromatic heterocycles. The molecule has 0 spiro atoms. The highest BCUT2D eigenvalue weighted by Crippen LogP contribution is 2.03. The average molecular weight is 428 g/mol. The number of aryl methyl sites for hydroxylation is 2. The summed E-state index contributed by atoms with van der Waals surface area (Å²) in [6.45, 7) is 3.79. The molecule has 16 nitrogen and oxygen atoms in total. The predicted molar refractivity (Wildman–Crippen MR) is 101 cm³/mol. The van der Waals surface area contributed by atoms with Crippen molar-refractivity contribution in [2.24, 2.45) is 0 Å². The summed E-state index contributed by atoms with van der Waals surface area (Å²) in [6.07, 6.45) is 2.34. The van der Waals surface area contributed by atoms with Gasteiger partial charge in [0.1, 0.15) is 12.7 Å². The lowest BCUT2D eigenvalue weighted by Crippen LogP contribution is -2.38. The highest BCUT2D eigenvalue weighted by Gasteiger charge is 2.20. The molecule has 0 aliphatic heterocycles. The normalized spacial score (nSPS) is 11.2. The van der Waals surface area contributed by atoms with E-state index in [1.807, 2.05) is 0 Å². The molecule has 4 rings (SSSR count). The Kier molecular flexibility index (Phi) is 4.94. The zero-order valence-corrected chi connectivity index (χ0v) is 16.4. The second kappa shape index (κ2) is 7.73. The Morgan fingerprint density at radius 3 is 1.61 bits per heavy atom. The Labute approximate surface area is 171 Å². The van der Waals surface area contributed by atoms with Gasteiger partial charge in [-0.1, -0.05) is 10.4 Å². The van der Waals surface area contributed by atoms with Gasteiger partial charge in [-0.3, -0.25) is 9.59 Å². The lowest BCUT2D eigenvalue weighted by atomic mass is 10.4. The van der Waals surface area contributed by atoms with Gasteiger partial charge in [0.25, 0.3) is 11.8 Å². The van der Waals surface area contributed by atoms with Gasteiger partial charge in [-0.2, -0.15) is 9.36 Å². The SMILES string of the molecule is CCn1nnc2c(C(=O)NCNC(=O)c3ncn4c(=O)n(CC)nnc34)ncn2c1=O. The van der Waals surface area contributed by atoms with E-state index in [-0.39, 0.29) is 29.4 Å². The van der Waals surface area contributed by atoms with Crippen molar-refractivity contribution in [1.29, 1.82) is 0 Å². The molecule has 16 heteroatoms. The fraction of sp³-hybridized carbons (Fsp3) is 0.333. The summed E-state index contributed by atoms with van der Waals surface area (Å²) in [5.74, 6) is -1.35. The number of nitrogens with zero attached hydrogens (tertiary/aromatic N) is 10. The Bertz CT molecular complexity index is 1320. The number of carbonyl (C=O) groups is 2. The van der Waals surface area contributed by atoms with Crippen molar-refractivity contribution in [3.63, 3.8) is 0 Å². The summed E-state index contributed by atoms with van der Waals surface area (Å²) in [4.78, 5) is 56.9. The van der Waals surface area contributed by atoms with Crippen molar-refractivity contribution in [1.82, 2.24) is 59.4 Å². The molecule has 4 heterocycles. The van der Waals surface area contributed by atoms with Crippen LogP contribution in [0.4, 0.5) is 0 Å². The zero-order valence-electron chi connectivity index (χ0n) is 16.4. The highest BCUT2D eigenvalue weighted by atomic mass is 16.2. The van der Waals surface area contributed by atoms with Crippen LogP contribution in [0.1, 0.15) is 34.8 Å². The third-order valence-corrected chi connectivity index (χ3v) is 4.36. The Balaban J connectivity index is 1.46. The van der Waals surface area contributed by atoms with E-state index in [1.165, 1.54) is 12.7 Å². The van der Waals surface area contributed by atoms with E-state index in [9.17, 15) is 19.2 Å². The minimum absolute atomic E-state index is 0.0129. The molecular weight excluding hydrogens is 412 g/mol. The van der Waals surface area contributed by atoms with Crippen molar-refractivity contribution in [3.05, 3.63) is 45.0 Å². The summed E-state index contributed by atoms with van der Waals surface area (Å²) < 4.78 is 4.43. The fourth-order valence-corrected chi connectivity index (χ4v) is 2.76. The molecule has 0 unspecified atom stereocenters. The standard InChI is InChI=1S/C15H16N12O4/c1-3-26-14(30)24-6-18-8(10(24)20-22-26)12(28)16-5-17-13(29)9-11-21-23-27(4-2)15(31)25(11)7-19-9/h6-7H,3-5H2,1-2H3,(H,16,28)(H,17,29). The van der Waals surface area contributed by atoms with Crippen LogP contribution < -0.4 is 22.0 Å². The van der Waals surface area contributed by atoms with Crippen LogP contribution >= 0.6 is 0 Å². The molecular formula is C15H16N12O4. The number of nitrogens with one attached hydrogen (secondary N) is 2. The van der Waals surface area contributed by atoms with Crippen LogP contribution in [-0.4, -0.2) is 67.2 Å². The first-order valence-electron chi connectivity index (χ1n) is 9.14. The number of hydrogen-bond donors (Lipinski definition) is 2. The van der Waals surface area contributed by atoms with Crippen molar-refractivity contribution in [2.45, 2.75) is 26.9 Å². The molecule has 0 fully saturated rings. The Hall–Kier alpha value is -4.50. The van der Waals surface area contributed by atoms with Crippen LogP contribution in [0.5, 0.6) is 0 Å². The van der Waals surface area contributed by atoms with Gasteiger partial charge in [-0.05, 0) is 13.8 Å². The highest BCUT2D eigenvalue weighted by molar-refractivity contribution is 5.99. The van der Waals surface area contributed by atoms with E-state index in [1.54, 1.807) is 13.8 Å². The largest absolute Gasteiger partial charge is 0.352 e. The van der Waals surface area contributed by atoms with Crippen molar-refractivity contribution in [2.75, 3.05) is 6.67 Å². The van der Waals surface area contributed by atoms with E-state index in [0.717, 1.165) is 18.2 Å². The zero-order chi connectivity index (χ0) is 22.1. The van der Waals surface area contributed by atoms with Crippen LogP contribution in [0.25, 0.3) is 11.3 Å². The summed E-state index contributed by atoms with van der Waals surface area (Å²) >= 11 is 0. The smallest absolute Gasteiger partial charge is 0.333 e. The maximum atomic E-state index is 12.4. The van der Waals surface area contributed by atoms with E-state index >= 15 is 0 Å². The lowest BCUT2D eigenvalue weighted by molar-refractivity contribution is 0.0917. The maximum Gasteiger partial charge on any atom is 0.352 e. The quantitative estimate of drug-likeness (QED) is 0.300. The van der Waals surface area contributed by atoms with Crippen molar-refractivity contribution < 1.29 is 9.59 Å². The molecule has 0 bridgehead atoms. The van der Waals surface area contributed by atoms with Gasteiger partial charge in [0.2, 0.25) is 0 Å².